The highest BCUT2D eigenvalue weighted by molar-refractivity contribution is 5.92. The fourth-order valence-corrected chi connectivity index (χ4v) is 4.65. The first-order valence-corrected chi connectivity index (χ1v) is 11.4. The number of carbonyl (C=O) groups is 1. The molecule has 2 N–H and O–H groups in total. The molecular weight excluding hydrogens is 420 g/mol. The molecule has 5 rings (SSSR count). The van der Waals surface area contributed by atoms with Gasteiger partial charge in [0.05, 0.1) is 29.5 Å². The lowest BCUT2D eigenvalue weighted by molar-refractivity contribution is 0.0958. The lowest BCUT2D eigenvalue weighted by Crippen LogP contribution is -2.53. The molecule has 0 spiro atoms. The van der Waals surface area contributed by atoms with Gasteiger partial charge in [-0.05, 0) is 37.1 Å². The Morgan fingerprint density at radius 2 is 2.18 bits per heavy atom. The molecular formula is C24H28N6O3. The summed E-state index contributed by atoms with van der Waals surface area (Å²) in [4.78, 5) is 40.8. The number of H-pyrrole nitrogens is 1. The Labute approximate surface area is 191 Å². The summed E-state index contributed by atoms with van der Waals surface area (Å²) in [7, 11) is 1.60. The molecule has 1 unspecified atom stereocenters. The van der Waals surface area contributed by atoms with Crippen molar-refractivity contribution in [2.45, 2.75) is 32.4 Å². The monoisotopic (exact) mass is 448 g/mol. The van der Waals surface area contributed by atoms with Gasteiger partial charge in [-0.3, -0.25) is 14.5 Å². The molecule has 2 aliphatic rings. The van der Waals surface area contributed by atoms with E-state index < -0.39 is 0 Å². The number of aryl methyl sites for hydroxylation is 1. The van der Waals surface area contributed by atoms with Gasteiger partial charge in [-0.15, -0.1) is 0 Å². The molecule has 2 aliphatic heterocycles. The summed E-state index contributed by atoms with van der Waals surface area (Å²) in [5.41, 5.74) is 4.62. The number of nitrogens with one attached hydrogen (secondary N) is 2. The van der Waals surface area contributed by atoms with Crippen LogP contribution in [0.15, 0.2) is 35.3 Å². The Balaban J connectivity index is 1.36. The maximum absolute atomic E-state index is 12.3. The van der Waals surface area contributed by atoms with Crippen LogP contribution in [0.4, 0.5) is 5.69 Å². The van der Waals surface area contributed by atoms with Crippen molar-refractivity contribution in [1.29, 1.82) is 0 Å². The first kappa shape index (κ1) is 21.4. The number of carbonyl (C=O) groups excluding carboxylic acids is 1. The average Bonchev–Trinajstić information content (AvgIpc) is 2.83. The van der Waals surface area contributed by atoms with Gasteiger partial charge in [0.25, 0.3) is 11.5 Å². The SMILES string of the molecule is CCc1cc2nc3c(cc2[nH]c1=O)CN1CCN(c2ccc(C(=O)NC)nc2)CC1CCO3. The number of hydrogen-bond acceptors (Lipinski definition) is 7. The minimum atomic E-state index is -0.185. The molecule has 172 valence electrons. The van der Waals surface area contributed by atoms with E-state index in [1.807, 2.05) is 25.1 Å². The van der Waals surface area contributed by atoms with Gasteiger partial charge in [0.15, 0.2) is 0 Å². The zero-order chi connectivity index (χ0) is 22.9. The van der Waals surface area contributed by atoms with Crippen LogP contribution in [-0.4, -0.2) is 65.1 Å². The highest BCUT2D eigenvalue weighted by Gasteiger charge is 2.30. The largest absolute Gasteiger partial charge is 0.477 e. The van der Waals surface area contributed by atoms with E-state index in [1.165, 1.54) is 0 Å². The number of aromatic amines is 1. The van der Waals surface area contributed by atoms with Crippen LogP contribution in [-0.2, 0) is 13.0 Å². The molecule has 33 heavy (non-hydrogen) atoms. The van der Waals surface area contributed by atoms with Crippen molar-refractivity contribution < 1.29 is 9.53 Å². The second-order valence-corrected chi connectivity index (χ2v) is 8.55. The summed E-state index contributed by atoms with van der Waals surface area (Å²) >= 11 is 0. The van der Waals surface area contributed by atoms with Gasteiger partial charge in [-0.1, -0.05) is 6.92 Å². The molecule has 0 saturated carbocycles. The molecule has 3 aromatic heterocycles. The Kier molecular flexibility index (Phi) is 5.72. The number of nitrogens with zero attached hydrogens (tertiary/aromatic N) is 4. The van der Waals surface area contributed by atoms with Gasteiger partial charge in [0.2, 0.25) is 5.88 Å². The van der Waals surface area contributed by atoms with Gasteiger partial charge in [0.1, 0.15) is 5.69 Å². The molecule has 0 bridgehead atoms. The van der Waals surface area contributed by atoms with Crippen molar-refractivity contribution in [1.82, 2.24) is 25.2 Å². The number of ether oxygens (including phenoxy) is 1. The molecule has 1 amide bonds. The highest BCUT2D eigenvalue weighted by Crippen LogP contribution is 2.29. The Morgan fingerprint density at radius 3 is 2.94 bits per heavy atom. The van der Waals surface area contributed by atoms with E-state index in [0.717, 1.165) is 60.4 Å². The third-order valence-corrected chi connectivity index (χ3v) is 6.56. The van der Waals surface area contributed by atoms with Crippen LogP contribution < -0.4 is 20.5 Å². The summed E-state index contributed by atoms with van der Waals surface area (Å²) in [5.74, 6) is 0.474. The second kappa shape index (κ2) is 8.82. The number of rotatable bonds is 3. The quantitative estimate of drug-likeness (QED) is 0.629. The summed E-state index contributed by atoms with van der Waals surface area (Å²) in [6.07, 6.45) is 3.33. The van der Waals surface area contributed by atoms with Crippen molar-refractivity contribution in [2.24, 2.45) is 0 Å². The van der Waals surface area contributed by atoms with Crippen LogP contribution >= 0.6 is 0 Å². The van der Waals surface area contributed by atoms with E-state index in [1.54, 1.807) is 19.3 Å². The first-order chi connectivity index (χ1) is 16.1. The van der Waals surface area contributed by atoms with Crippen LogP contribution in [0, 0.1) is 0 Å². The molecule has 0 aliphatic carbocycles. The fourth-order valence-electron chi connectivity index (χ4n) is 4.65. The molecule has 0 radical (unpaired) electrons. The van der Waals surface area contributed by atoms with Crippen molar-refractivity contribution in [3.8, 4) is 5.88 Å². The Bertz CT molecular complexity index is 1240. The number of anilines is 1. The van der Waals surface area contributed by atoms with E-state index >= 15 is 0 Å². The highest BCUT2D eigenvalue weighted by atomic mass is 16.5. The summed E-state index contributed by atoms with van der Waals surface area (Å²) < 4.78 is 6.08. The molecule has 5 heterocycles. The molecule has 1 fully saturated rings. The normalized spacial score (nSPS) is 18.6. The van der Waals surface area contributed by atoms with Crippen LogP contribution in [0.5, 0.6) is 5.88 Å². The zero-order valence-corrected chi connectivity index (χ0v) is 18.9. The van der Waals surface area contributed by atoms with Gasteiger partial charge in [-0.25, -0.2) is 9.97 Å². The predicted molar refractivity (Wildman–Crippen MR) is 126 cm³/mol. The van der Waals surface area contributed by atoms with Crippen molar-refractivity contribution >= 4 is 22.6 Å². The van der Waals surface area contributed by atoms with Crippen LogP contribution in [0.1, 0.15) is 35.0 Å². The van der Waals surface area contributed by atoms with E-state index in [9.17, 15) is 9.59 Å². The molecule has 3 aromatic rings. The average molecular weight is 449 g/mol. The lowest BCUT2D eigenvalue weighted by Gasteiger charge is -2.43. The minimum Gasteiger partial charge on any atom is -0.477 e. The smallest absolute Gasteiger partial charge is 0.269 e. The van der Waals surface area contributed by atoms with Gasteiger partial charge < -0.3 is 19.9 Å². The zero-order valence-electron chi connectivity index (χ0n) is 18.9. The molecule has 0 aromatic carbocycles. The summed E-state index contributed by atoms with van der Waals surface area (Å²) in [5, 5.41) is 2.60. The third kappa shape index (κ3) is 4.16. The van der Waals surface area contributed by atoms with E-state index in [4.69, 9.17) is 9.72 Å². The van der Waals surface area contributed by atoms with E-state index in [0.29, 0.717) is 30.6 Å². The summed E-state index contributed by atoms with van der Waals surface area (Å²) in [6, 6.07) is 7.91. The van der Waals surface area contributed by atoms with E-state index in [-0.39, 0.29) is 11.5 Å². The van der Waals surface area contributed by atoms with Crippen LogP contribution in [0.3, 0.4) is 0 Å². The number of aromatic nitrogens is 3. The standard InChI is InChI=1S/C24H28N6O3/c1-3-15-10-21-20(27-22(15)31)11-16-13-29-7-8-30(14-18(29)6-9-33-24(16)28-21)17-4-5-19(26-12-17)23(32)25-2/h4-5,10-12,18H,3,6-9,13-14H2,1-2H3,(H,25,32)(H,27,31). The second-order valence-electron chi connectivity index (χ2n) is 8.55. The predicted octanol–water partition coefficient (Wildman–Crippen LogP) is 1.71. The van der Waals surface area contributed by atoms with Gasteiger partial charge in [-0.2, -0.15) is 0 Å². The van der Waals surface area contributed by atoms with Crippen molar-refractivity contribution in [3.63, 3.8) is 0 Å². The molecule has 9 heteroatoms. The Morgan fingerprint density at radius 1 is 1.30 bits per heavy atom. The van der Waals surface area contributed by atoms with Crippen LogP contribution in [0.2, 0.25) is 0 Å². The molecule has 1 atom stereocenters. The maximum Gasteiger partial charge on any atom is 0.269 e. The van der Waals surface area contributed by atoms with Crippen LogP contribution in [0.25, 0.3) is 11.0 Å². The molecule has 1 saturated heterocycles. The third-order valence-electron chi connectivity index (χ3n) is 6.56. The summed E-state index contributed by atoms with van der Waals surface area (Å²) in [6.45, 7) is 5.89. The number of amides is 1. The minimum absolute atomic E-state index is 0.0546. The van der Waals surface area contributed by atoms with Crippen molar-refractivity contribution in [3.05, 3.63) is 57.6 Å². The fraction of sp³-hybridized carbons (Fsp3) is 0.417. The first-order valence-electron chi connectivity index (χ1n) is 11.4. The Hall–Kier alpha value is -3.46. The number of piperazine rings is 1. The van der Waals surface area contributed by atoms with E-state index in [2.05, 4.69) is 25.1 Å². The molecule has 9 nitrogen and oxygen atoms in total. The number of hydrogen-bond donors (Lipinski definition) is 2. The van der Waals surface area contributed by atoms with Crippen molar-refractivity contribution in [2.75, 3.05) is 38.2 Å². The number of pyridine rings is 3. The number of fused-ring (bicyclic) bond motifs is 3. The van der Waals surface area contributed by atoms with Gasteiger partial charge in [0, 0.05) is 50.4 Å². The lowest BCUT2D eigenvalue weighted by atomic mass is 10.1. The van der Waals surface area contributed by atoms with Gasteiger partial charge >= 0.3 is 0 Å². The maximum atomic E-state index is 12.3. The topological polar surface area (TPSA) is 103 Å².